The Balaban J connectivity index is 1.59. The van der Waals surface area contributed by atoms with Gasteiger partial charge >= 0.3 is 5.97 Å². The Kier molecular flexibility index (Phi) is 2.75. The average Bonchev–Trinajstić information content (AvgIpc) is 3.29. The lowest BCUT2D eigenvalue weighted by molar-refractivity contribution is -0.171. The van der Waals surface area contributed by atoms with Gasteiger partial charge in [-0.3, -0.25) is 0 Å². The molecule has 6 rings (SSSR count). The third-order valence-corrected chi connectivity index (χ3v) is 8.78. The van der Waals surface area contributed by atoms with Crippen LogP contribution in [-0.4, -0.2) is 27.8 Å². The monoisotopic (exact) mass is 363 g/mol. The summed E-state index contributed by atoms with van der Waals surface area (Å²) < 4.78 is 5.49. The lowest BCUT2D eigenvalue weighted by Crippen LogP contribution is -2.66. The lowest BCUT2D eigenvalue weighted by Gasteiger charge is -2.63. The fourth-order valence-electron chi connectivity index (χ4n) is 7.12. The Morgan fingerprint density at radius 2 is 2.00 bits per heavy atom. The molecule has 0 saturated heterocycles. The number of nitrogens with one attached hydrogen (secondary N) is 1. The Morgan fingerprint density at radius 1 is 1.19 bits per heavy atom. The minimum absolute atomic E-state index is 0.147. The summed E-state index contributed by atoms with van der Waals surface area (Å²) in [7, 11) is 0. The molecular weight excluding hydrogens is 338 g/mol. The van der Waals surface area contributed by atoms with Crippen LogP contribution in [0.1, 0.15) is 50.8 Å². The van der Waals surface area contributed by atoms with Crippen molar-refractivity contribution in [3.8, 4) is 0 Å². The molecule has 4 nitrogen and oxygen atoms in total. The number of rotatable bonds is 0. The van der Waals surface area contributed by atoms with E-state index in [1.165, 1.54) is 22.2 Å². The van der Waals surface area contributed by atoms with Gasteiger partial charge in [0, 0.05) is 39.1 Å². The molecule has 1 aliphatic heterocycles. The fourth-order valence-corrected chi connectivity index (χ4v) is 7.12. The Bertz CT molecular complexity index is 1040. The molecule has 0 unspecified atom stereocenters. The lowest BCUT2D eigenvalue weighted by atomic mass is 9.43. The largest absolute Gasteiger partial charge is 0.455 e. The van der Waals surface area contributed by atoms with Crippen molar-refractivity contribution in [3.05, 3.63) is 47.2 Å². The van der Waals surface area contributed by atoms with Crippen LogP contribution in [0.3, 0.4) is 0 Å². The zero-order chi connectivity index (χ0) is 18.6. The predicted octanol–water partition coefficient (Wildman–Crippen LogP) is 3.77. The summed E-state index contributed by atoms with van der Waals surface area (Å²) in [5.41, 5.74) is 3.29. The average molecular weight is 363 g/mol. The summed E-state index contributed by atoms with van der Waals surface area (Å²) in [6.07, 6.45) is 5.75. The highest BCUT2D eigenvalue weighted by molar-refractivity contribution is 5.87. The number of carbonyl (C=O) groups is 1. The van der Waals surface area contributed by atoms with E-state index in [1.807, 2.05) is 0 Å². The predicted molar refractivity (Wildman–Crippen MR) is 102 cm³/mol. The van der Waals surface area contributed by atoms with Crippen LogP contribution in [-0.2, 0) is 21.4 Å². The van der Waals surface area contributed by atoms with Crippen molar-refractivity contribution >= 4 is 16.9 Å². The summed E-state index contributed by atoms with van der Waals surface area (Å²) in [4.78, 5) is 15.7. The van der Waals surface area contributed by atoms with E-state index >= 15 is 0 Å². The number of esters is 1. The van der Waals surface area contributed by atoms with E-state index in [-0.39, 0.29) is 22.9 Å². The second kappa shape index (κ2) is 4.67. The summed E-state index contributed by atoms with van der Waals surface area (Å²) in [6, 6.07) is 8.54. The van der Waals surface area contributed by atoms with Gasteiger partial charge < -0.3 is 14.8 Å². The highest BCUT2D eigenvalue weighted by Gasteiger charge is 2.70. The number of hydrogen-bond donors (Lipinski definition) is 2. The van der Waals surface area contributed by atoms with Crippen LogP contribution in [0.4, 0.5) is 0 Å². The smallest absolute Gasteiger partial charge is 0.331 e. The summed E-state index contributed by atoms with van der Waals surface area (Å²) in [5, 5.41) is 13.4. The molecule has 2 aromatic rings. The molecule has 1 aromatic heterocycles. The van der Waals surface area contributed by atoms with Crippen LogP contribution in [0.5, 0.6) is 0 Å². The molecule has 0 spiro atoms. The fraction of sp³-hybridized carbons (Fsp3) is 0.522. The molecule has 2 N–H and O–H groups in total. The molecule has 140 valence electrons. The van der Waals surface area contributed by atoms with Crippen molar-refractivity contribution in [2.45, 2.75) is 63.1 Å². The van der Waals surface area contributed by atoms with Crippen LogP contribution in [0, 0.1) is 11.3 Å². The first kappa shape index (κ1) is 15.9. The van der Waals surface area contributed by atoms with Gasteiger partial charge in [-0.25, -0.2) is 4.79 Å². The quantitative estimate of drug-likeness (QED) is 0.700. The second-order valence-electron chi connectivity index (χ2n) is 9.42. The molecule has 1 aromatic carbocycles. The van der Waals surface area contributed by atoms with Crippen molar-refractivity contribution in [2.24, 2.45) is 11.3 Å². The van der Waals surface area contributed by atoms with Gasteiger partial charge in [0.1, 0.15) is 6.10 Å². The van der Waals surface area contributed by atoms with Gasteiger partial charge in [-0.2, -0.15) is 0 Å². The van der Waals surface area contributed by atoms with E-state index in [0.29, 0.717) is 12.3 Å². The van der Waals surface area contributed by atoms with Gasteiger partial charge in [-0.05, 0) is 49.7 Å². The van der Waals surface area contributed by atoms with Crippen molar-refractivity contribution in [2.75, 3.05) is 0 Å². The number of H-pyrrole nitrogens is 1. The van der Waals surface area contributed by atoms with Crippen LogP contribution < -0.4 is 0 Å². The minimum atomic E-state index is -0.980. The van der Waals surface area contributed by atoms with E-state index in [4.69, 9.17) is 4.74 Å². The molecule has 4 aliphatic rings. The zero-order valence-electron chi connectivity index (χ0n) is 15.8. The van der Waals surface area contributed by atoms with Gasteiger partial charge in [-0.1, -0.05) is 32.0 Å². The first-order chi connectivity index (χ1) is 12.9. The van der Waals surface area contributed by atoms with Gasteiger partial charge in [0.05, 0.1) is 5.60 Å². The molecule has 2 saturated carbocycles. The number of hydrogen-bond acceptors (Lipinski definition) is 3. The summed E-state index contributed by atoms with van der Waals surface area (Å²) in [6.45, 7) is 4.60. The number of aromatic amines is 1. The molecule has 27 heavy (non-hydrogen) atoms. The maximum absolute atomic E-state index is 12.0. The zero-order valence-corrected chi connectivity index (χ0v) is 15.8. The van der Waals surface area contributed by atoms with Crippen molar-refractivity contribution in [1.29, 1.82) is 0 Å². The third kappa shape index (κ3) is 1.60. The van der Waals surface area contributed by atoms with E-state index in [1.54, 1.807) is 6.08 Å². The highest BCUT2D eigenvalue weighted by atomic mass is 16.5. The van der Waals surface area contributed by atoms with E-state index < -0.39 is 5.60 Å². The normalized spacial score (nSPS) is 42.2. The second-order valence-corrected chi connectivity index (χ2v) is 9.42. The number of fused-ring (bicyclic) bond motifs is 9. The Morgan fingerprint density at radius 3 is 2.85 bits per heavy atom. The number of benzene rings is 1. The van der Waals surface area contributed by atoms with Crippen LogP contribution in [0.2, 0.25) is 0 Å². The molecule has 0 bridgehead atoms. The van der Waals surface area contributed by atoms with E-state index in [2.05, 4.69) is 43.1 Å². The number of carbonyl (C=O) groups excluding carboxylic acids is 1. The molecule has 4 heteroatoms. The molecule has 2 fully saturated rings. The van der Waals surface area contributed by atoms with Crippen molar-refractivity contribution in [3.63, 3.8) is 0 Å². The summed E-state index contributed by atoms with van der Waals surface area (Å²) in [5.74, 6) is 0.224. The maximum Gasteiger partial charge on any atom is 0.331 e. The molecule has 0 radical (unpaired) electrons. The maximum atomic E-state index is 12.0. The Labute approximate surface area is 158 Å². The molecule has 2 heterocycles. The number of ether oxygens (including phenoxy) is 1. The first-order valence-electron chi connectivity index (χ1n) is 10.1. The Hall–Kier alpha value is -2.07. The van der Waals surface area contributed by atoms with Gasteiger partial charge in [0.2, 0.25) is 0 Å². The number of para-hydroxylation sites is 1. The first-order valence-corrected chi connectivity index (χ1v) is 10.1. The highest BCUT2D eigenvalue weighted by Crippen LogP contribution is 2.69. The number of aromatic nitrogens is 1. The van der Waals surface area contributed by atoms with Gasteiger partial charge in [0.25, 0.3) is 0 Å². The van der Waals surface area contributed by atoms with Gasteiger partial charge in [0.15, 0.2) is 0 Å². The van der Waals surface area contributed by atoms with Gasteiger partial charge in [-0.15, -0.1) is 0 Å². The molecule has 5 atom stereocenters. The number of aliphatic hydroxyl groups is 1. The van der Waals surface area contributed by atoms with Crippen molar-refractivity contribution in [1.82, 2.24) is 4.98 Å². The SMILES string of the molecule is C[C@]12CC[C@@H]3OC(=O)C=C3[C@]1(O)CC[C@H]1Cc3c([nH]c4ccccc34)[C@@]12C. The standard InChI is InChI=1S/C23H25NO3/c1-21-9-8-18-16(12-19(25)27-18)23(21,26)10-7-13-11-15-14-5-3-4-6-17(14)24-20(15)22(13,21)2/h3-6,12-13,18,24,26H,7-11H2,1-2H3/t13-,18-,21+,22+,23+/m0/s1. The van der Waals surface area contributed by atoms with Crippen LogP contribution >= 0.6 is 0 Å². The molecule has 3 aliphatic carbocycles. The van der Waals surface area contributed by atoms with Crippen LogP contribution in [0.25, 0.3) is 10.9 Å². The minimum Gasteiger partial charge on any atom is -0.455 e. The summed E-state index contributed by atoms with van der Waals surface area (Å²) >= 11 is 0. The van der Waals surface area contributed by atoms with Crippen LogP contribution in [0.15, 0.2) is 35.9 Å². The molecule has 0 amide bonds. The van der Waals surface area contributed by atoms with E-state index in [0.717, 1.165) is 31.3 Å². The molecular formula is C23H25NO3. The topological polar surface area (TPSA) is 62.3 Å². The van der Waals surface area contributed by atoms with Crippen molar-refractivity contribution < 1.29 is 14.6 Å². The van der Waals surface area contributed by atoms with E-state index in [9.17, 15) is 9.90 Å². The third-order valence-electron chi connectivity index (χ3n) is 8.78.